The molecule has 3 nitrogen and oxygen atoms in total. The molecule has 0 aromatic carbocycles. The van der Waals surface area contributed by atoms with Crippen molar-refractivity contribution in [2.45, 2.75) is 59.5 Å². The van der Waals surface area contributed by atoms with Crippen molar-refractivity contribution < 1.29 is 9.53 Å². The van der Waals surface area contributed by atoms with Gasteiger partial charge in [-0.1, -0.05) is 27.2 Å². The van der Waals surface area contributed by atoms with Gasteiger partial charge in [0.2, 0.25) is 0 Å². The quantitative estimate of drug-likeness (QED) is 0.662. The van der Waals surface area contributed by atoms with E-state index < -0.39 is 0 Å². The van der Waals surface area contributed by atoms with Crippen LogP contribution < -0.4 is 5.32 Å². The first-order valence-corrected chi connectivity index (χ1v) is 5.99. The van der Waals surface area contributed by atoms with Gasteiger partial charge in [-0.25, -0.2) is 0 Å². The number of rotatable bonds is 7. The molecule has 3 heteroatoms. The number of carbonyl (C=O) groups excluding carboxylic acids is 1. The summed E-state index contributed by atoms with van der Waals surface area (Å²) in [5, 5.41) is 3.33. The largest absolute Gasteiger partial charge is 0.465 e. The van der Waals surface area contributed by atoms with Gasteiger partial charge in [-0.05, 0) is 26.2 Å². The van der Waals surface area contributed by atoms with Gasteiger partial charge in [0.1, 0.15) is 6.04 Å². The summed E-state index contributed by atoms with van der Waals surface area (Å²) in [6.07, 6.45) is 2.00. The Bertz CT molecular complexity index is 182. The van der Waals surface area contributed by atoms with Crippen LogP contribution in [0.2, 0.25) is 0 Å². The Morgan fingerprint density at radius 3 is 2.20 bits per heavy atom. The summed E-state index contributed by atoms with van der Waals surface area (Å²) in [6.45, 7) is 10.7. The fourth-order valence-corrected chi connectivity index (χ4v) is 1.36. The van der Waals surface area contributed by atoms with Crippen LogP contribution in [0.3, 0.4) is 0 Å². The van der Waals surface area contributed by atoms with Crippen LogP contribution in [0, 0.1) is 5.92 Å². The summed E-state index contributed by atoms with van der Waals surface area (Å²) in [5.41, 5.74) is 0. The first-order valence-electron chi connectivity index (χ1n) is 5.99. The summed E-state index contributed by atoms with van der Waals surface area (Å²) in [6, 6.07) is 0.193. The van der Waals surface area contributed by atoms with Gasteiger partial charge in [-0.3, -0.25) is 4.79 Å². The van der Waals surface area contributed by atoms with Crippen LogP contribution in [0.5, 0.6) is 0 Å². The Balaban J connectivity index is 4.36. The number of hydrogen-bond acceptors (Lipinski definition) is 3. The highest BCUT2D eigenvalue weighted by atomic mass is 16.5. The van der Waals surface area contributed by atoms with Gasteiger partial charge >= 0.3 is 5.97 Å². The van der Waals surface area contributed by atoms with Crippen LogP contribution in [-0.4, -0.2) is 24.7 Å². The Hall–Kier alpha value is -0.570. The highest BCUT2D eigenvalue weighted by molar-refractivity contribution is 5.76. The minimum Gasteiger partial charge on any atom is -0.465 e. The summed E-state index contributed by atoms with van der Waals surface area (Å²) in [7, 11) is 0. The maximum Gasteiger partial charge on any atom is 0.323 e. The van der Waals surface area contributed by atoms with E-state index in [4.69, 9.17) is 4.74 Å². The van der Waals surface area contributed by atoms with E-state index in [-0.39, 0.29) is 12.0 Å². The number of hydrogen-bond donors (Lipinski definition) is 1. The van der Waals surface area contributed by atoms with Crippen molar-refractivity contribution in [1.82, 2.24) is 5.32 Å². The van der Waals surface area contributed by atoms with Crippen LogP contribution in [0.1, 0.15) is 47.5 Å². The van der Waals surface area contributed by atoms with Crippen molar-refractivity contribution in [3.05, 3.63) is 0 Å². The normalized spacial score (nSPS) is 16.9. The molecule has 0 fully saturated rings. The Kier molecular flexibility index (Phi) is 7.39. The third-order valence-electron chi connectivity index (χ3n) is 2.83. The van der Waals surface area contributed by atoms with Crippen molar-refractivity contribution in [3.63, 3.8) is 0 Å². The number of carbonyl (C=O) groups is 1. The van der Waals surface area contributed by atoms with Crippen LogP contribution in [0.25, 0.3) is 0 Å². The highest BCUT2D eigenvalue weighted by Gasteiger charge is 2.25. The molecule has 0 aromatic rings. The molecule has 0 radical (unpaired) electrons. The van der Waals surface area contributed by atoms with Crippen molar-refractivity contribution >= 4 is 5.97 Å². The van der Waals surface area contributed by atoms with E-state index in [0.29, 0.717) is 18.6 Å². The monoisotopic (exact) mass is 215 g/mol. The molecule has 0 aliphatic rings. The molecular weight excluding hydrogens is 190 g/mol. The lowest BCUT2D eigenvalue weighted by Crippen LogP contribution is -2.46. The molecule has 1 N–H and O–H groups in total. The van der Waals surface area contributed by atoms with Crippen molar-refractivity contribution in [3.8, 4) is 0 Å². The molecule has 0 saturated heterocycles. The van der Waals surface area contributed by atoms with E-state index in [1.54, 1.807) is 0 Å². The van der Waals surface area contributed by atoms with E-state index in [2.05, 4.69) is 33.0 Å². The highest BCUT2D eigenvalue weighted by Crippen LogP contribution is 2.11. The number of esters is 1. The van der Waals surface area contributed by atoms with Gasteiger partial charge in [0.15, 0.2) is 0 Å². The molecule has 0 bridgehead atoms. The zero-order valence-electron chi connectivity index (χ0n) is 10.7. The molecule has 0 heterocycles. The summed E-state index contributed by atoms with van der Waals surface area (Å²) in [4.78, 5) is 11.7. The lowest BCUT2D eigenvalue weighted by Gasteiger charge is -2.25. The second-order valence-corrected chi connectivity index (χ2v) is 4.09. The van der Waals surface area contributed by atoms with Crippen LogP contribution >= 0.6 is 0 Å². The summed E-state index contributed by atoms with van der Waals surface area (Å²) in [5.74, 6) is 0.199. The number of ether oxygens (including phenoxy) is 1. The van der Waals surface area contributed by atoms with Gasteiger partial charge in [0.05, 0.1) is 6.61 Å². The maximum absolute atomic E-state index is 11.7. The fraction of sp³-hybridized carbons (Fsp3) is 0.917. The minimum absolute atomic E-state index is 0.118. The lowest BCUT2D eigenvalue weighted by molar-refractivity contribution is -0.147. The van der Waals surface area contributed by atoms with Gasteiger partial charge in [-0.2, -0.15) is 0 Å². The zero-order chi connectivity index (χ0) is 11.8. The van der Waals surface area contributed by atoms with Gasteiger partial charge in [0.25, 0.3) is 0 Å². The molecule has 90 valence electrons. The molecule has 0 aliphatic carbocycles. The van der Waals surface area contributed by atoms with Gasteiger partial charge < -0.3 is 10.1 Å². The average Bonchev–Trinajstić information content (AvgIpc) is 2.24. The zero-order valence-corrected chi connectivity index (χ0v) is 10.7. The van der Waals surface area contributed by atoms with E-state index in [0.717, 1.165) is 12.8 Å². The molecule has 3 atom stereocenters. The lowest BCUT2D eigenvalue weighted by atomic mass is 9.98. The molecule has 3 unspecified atom stereocenters. The van der Waals surface area contributed by atoms with Crippen LogP contribution in [-0.2, 0) is 9.53 Å². The number of nitrogens with one attached hydrogen (secondary N) is 1. The molecule has 0 saturated carbocycles. The van der Waals surface area contributed by atoms with E-state index >= 15 is 0 Å². The predicted molar refractivity (Wildman–Crippen MR) is 62.8 cm³/mol. The standard InChI is InChI=1S/C12H25NO2/c1-6-9(4)11(12(14)15-8-3)13-10(5)7-2/h9-11,13H,6-8H2,1-5H3. The van der Waals surface area contributed by atoms with Crippen LogP contribution in [0.4, 0.5) is 0 Å². The summed E-state index contributed by atoms with van der Waals surface area (Å²) < 4.78 is 5.07. The SMILES string of the molecule is CCOC(=O)C(NC(C)CC)C(C)CC. The van der Waals surface area contributed by atoms with E-state index in [9.17, 15) is 4.79 Å². The maximum atomic E-state index is 11.7. The van der Waals surface area contributed by atoms with Crippen molar-refractivity contribution in [2.75, 3.05) is 6.61 Å². The predicted octanol–water partition coefficient (Wildman–Crippen LogP) is 2.35. The molecule has 0 amide bonds. The summed E-state index contributed by atoms with van der Waals surface area (Å²) >= 11 is 0. The Labute approximate surface area is 93.6 Å². The van der Waals surface area contributed by atoms with Crippen LogP contribution in [0.15, 0.2) is 0 Å². The molecular formula is C12H25NO2. The van der Waals surface area contributed by atoms with Crippen molar-refractivity contribution in [2.24, 2.45) is 5.92 Å². The molecule has 0 spiro atoms. The smallest absolute Gasteiger partial charge is 0.323 e. The van der Waals surface area contributed by atoms with Gasteiger partial charge in [0, 0.05) is 6.04 Å². The van der Waals surface area contributed by atoms with E-state index in [1.807, 2.05) is 6.92 Å². The second kappa shape index (κ2) is 7.69. The van der Waals surface area contributed by atoms with Crippen molar-refractivity contribution in [1.29, 1.82) is 0 Å². The minimum atomic E-state index is -0.162. The van der Waals surface area contributed by atoms with E-state index in [1.165, 1.54) is 0 Å². The molecule has 0 aliphatic heterocycles. The topological polar surface area (TPSA) is 38.3 Å². The first-order chi connectivity index (χ1) is 7.06. The first kappa shape index (κ1) is 14.4. The molecule has 0 rings (SSSR count). The fourth-order valence-electron chi connectivity index (χ4n) is 1.36. The van der Waals surface area contributed by atoms with Gasteiger partial charge in [-0.15, -0.1) is 0 Å². The molecule has 0 aromatic heterocycles. The Morgan fingerprint density at radius 2 is 1.80 bits per heavy atom. The third-order valence-corrected chi connectivity index (χ3v) is 2.83. The third kappa shape index (κ3) is 5.17. The average molecular weight is 215 g/mol. The molecule has 15 heavy (non-hydrogen) atoms. The second-order valence-electron chi connectivity index (χ2n) is 4.09. The Morgan fingerprint density at radius 1 is 1.20 bits per heavy atom.